The fourth-order valence-electron chi connectivity index (χ4n) is 4.24. The number of amides is 2. The van der Waals surface area contributed by atoms with Crippen molar-refractivity contribution < 1.29 is 18.5 Å². The van der Waals surface area contributed by atoms with Crippen molar-refractivity contribution in [1.82, 2.24) is 4.98 Å². The predicted molar refractivity (Wildman–Crippen MR) is 109 cm³/mol. The molecule has 156 valence electrons. The minimum Gasteiger partial charge on any atom is -0.450 e. The van der Waals surface area contributed by atoms with E-state index in [1.807, 2.05) is 0 Å². The summed E-state index contributed by atoms with van der Waals surface area (Å²) in [6.45, 7) is 4.80. The number of carbonyl (C=O) groups is 1. The van der Waals surface area contributed by atoms with Crippen molar-refractivity contribution in [2.75, 3.05) is 5.32 Å². The first kappa shape index (κ1) is 20.1. The fourth-order valence-corrected chi connectivity index (χ4v) is 5.15. The summed E-state index contributed by atoms with van der Waals surface area (Å²) in [5.41, 5.74) is 4.19. The number of nitrogens with zero attached hydrogens (tertiary/aromatic N) is 2. The first-order valence-electron chi connectivity index (χ1n) is 9.79. The molecule has 2 aromatic heterocycles. The lowest BCUT2D eigenvalue weighted by atomic mass is 10.00. The summed E-state index contributed by atoms with van der Waals surface area (Å²) < 4.78 is 22.1. The van der Waals surface area contributed by atoms with Crippen LogP contribution in [0.4, 0.5) is 10.5 Å². The van der Waals surface area contributed by atoms with E-state index in [2.05, 4.69) is 9.68 Å². The van der Waals surface area contributed by atoms with Crippen molar-refractivity contribution in [3.8, 4) is 0 Å². The van der Waals surface area contributed by atoms with Gasteiger partial charge in [-0.05, 0) is 70.4 Å². The molecule has 0 radical (unpaired) electrons. The van der Waals surface area contributed by atoms with E-state index in [0.29, 0.717) is 11.3 Å². The summed E-state index contributed by atoms with van der Waals surface area (Å²) in [7, 11) is -3.60. The van der Waals surface area contributed by atoms with Crippen molar-refractivity contribution in [2.45, 2.75) is 70.0 Å². The van der Waals surface area contributed by atoms with Crippen LogP contribution in [0.25, 0.3) is 0 Å². The number of nitrogens with two attached hydrogens (primary N) is 1. The van der Waals surface area contributed by atoms with Gasteiger partial charge in [0.1, 0.15) is 5.76 Å². The second-order valence-corrected chi connectivity index (χ2v) is 9.95. The molecule has 0 aromatic carbocycles. The zero-order valence-corrected chi connectivity index (χ0v) is 17.7. The number of carbonyl (C=O) groups excluding carboxylic acids is 1. The number of anilines is 1. The third-order valence-corrected chi connectivity index (χ3v) is 6.76. The Bertz CT molecular complexity index is 1090. The van der Waals surface area contributed by atoms with Crippen LogP contribution in [0, 0.1) is 6.92 Å². The van der Waals surface area contributed by atoms with Crippen LogP contribution in [-0.4, -0.2) is 20.3 Å². The number of nitrogens with one attached hydrogen (secondary N) is 1. The first-order valence-corrected chi connectivity index (χ1v) is 11.4. The Kier molecular flexibility index (Phi) is 4.79. The summed E-state index contributed by atoms with van der Waals surface area (Å²) in [5.74, 6) is 0.381. The number of aromatic nitrogens is 1. The molecule has 4 rings (SSSR count). The second kappa shape index (κ2) is 6.93. The molecule has 2 aliphatic carbocycles. The molecule has 0 saturated heterocycles. The number of hydrogen-bond acceptors (Lipinski definition) is 5. The SMILES string of the molecule is Cc1oc(S(N)(=O)=NC(=O)Nc2c3c(nc4c2CCC4)CCC3)cc1C(C)(C)O. The molecule has 2 heterocycles. The monoisotopic (exact) mass is 418 g/mol. The molecular weight excluding hydrogens is 392 g/mol. The predicted octanol–water partition coefficient (Wildman–Crippen LogP) is 3.12. The smallest absolute Gasteiger partial charge is 0.354 e. The minimum absolute atomic E-state index is 0.132. The number of rotatable bonds is 3. The van der Waals surface area contributed by atoms with E-state index in [1.54, 1.807) is 20.8 Å². The molecule has 4 N–H and O–H groups in total. The summed E-state index contributed by atoms with van der Waals surface area (Å²) in [5, 5.41) is 18.7. The number of urea groups is 1. The van der Waals surface area contributed by atoms with E-state index >= 15 is 0 Å². The zero-order valence-electron chi connectivity index (χ0n) is 16.9. The molecule has 29 heavy (non-hydrogen) atoms. The Morgan fingerprint density at radius 3 is 2.34 bits per heavy atom. The average Bonchev–Trinajstić information content (AvgIpc) is 3.31. The molecule has 0 spiro atoms. The van der Waals surface area contributed by atoms with Crippen molar-refractivity contribution >= 4 is 21.6 Å². The van der Waals surface area contributed by atoms with Gasteiger partial charge in [0, 0.05) is 23.0 Å². The number of fused-ring (bicyclic) bond motifs is 2. The number of pyridine rings is 1. The van der Waals surface area contributed by atoms with Crippen LogP contribution >= 0.6 is 0 Å². The highest BCUT2D eigenvalue weighted by molar-refractivity contribution is 7.91. The summed E-state index contributed by atoms with van der Waals surface area (Å²) in [6.07, 6.45) is 5.53. The second-order valence-electron chi connectivity index (χ2n) is 8.23. The van der Waals surface area contributed by atoms with Crippen molar-refractivity contribution in [3.63, 3.8) is 0 Å². The van der Waals surface area contributed by atoms with E-state index in [4.69, 9.17) is 14.5 Å². The van der Waals surface area contributed by atoms with Gasteiger partial charge in [-0.2, -0.15) is 0 Å². The molecule has 0 saturated carbocycles. The molecule has 0 bridgehead atoms. The maximum Gasteiger partial charge on any atom is 0.354 e. The van der Waals surface area contributed by atoms with E-state index in [1.165, 1.54) is 6.07 Å². The molecule has 1 unspecified atom stereocenters. The van der Waals surface area contributed by atoms with Gasteiger partial charge in [-0.15, -0.1) is 4.36 Å². The van der Waals surface area contributed by atoms with E-state index in [0.717, 1.165) is 66.7 Å². The lowest BCUT2D eigenvalue weighted by Crippen LogP contribution is -2.19. The summed E-state index contributed by atoms with van der Waals surface area (Å²) >= 11 is 0. The van der Waals surface area contributed by atoms with Crippen LogP contribution in [0.3, 0.4) is 0 Å². The molecule has 9 heteroatoms. The van der Waals surface area contributed by atoms with Gasteiger partial charge in [-0.3, -0.25) is 4.98 Å². The minimum atomic E-state index is -3.60. The van der Waals surface area contributed by atoms with Crippen LogP contribution in [0.15, 0.2) is 19.9 Å². The highest BCUT2D eigenvalue weighted by Crippen LogP contribution is 2.36. The quantitative estimate of drug-likeness (QED) is 0.705. The lowest BCUT2D eigenvalue weighted by Gasteiger charge is -2.15. The molecule has 2 aromatic rings. The van der Waals surface area contributed by atoms with Gasteiger partial charge in [0.05, 0.1) is 11.3 Å². The van der Waals surface area contributed by atoms with E-state index in [9.17, 15) is 14.1 Å². The molecule has 0 fully saturated rings. The molecular formula is C20H26N4O4S. The average molecular weight is 419 g/mol. The standard InChI is InChI=1S/C20H26N4O4S/c1-11-14(20(2,3)26)10-17(28-11)29(21,27)24-19(25)23-18-12-6-4-8-15(12)22-16-9-5-7-13(16)18/h10,26H,4-9H2,1-3H3,(H3,21,22,23,24,25,27). The van der Waals surface area contributed by atoms with Gasteiger partial charge in [0.25, 0.3) is 0 Å². The third-order valence-electron chi connectivity index (χ3n) is 5.54. The molecule has 2 amide bonds. The maximum atomic E-state index is 12.9. The van der Waals surface area contributed by atoms with Crippen molar-refractivity contribution in [1.29, 1.82) is 0 Å². The molecule has 0 aliphatic heterocycles. The first-order chi connectivity index (χ1) is 13.6. The van der Waals surface area contributed by atoms with Crippen molar-refractivity contribution in [3.05, 3.63) is 39.9 Å². The lowest BCUT2D eigenvalue weighted by molar-refractivity contribution is 0.0769. The van der Waals surface area contributed by atoms with Gasteiger partial charge in [-0.1, -0.05) is 0 Å². The molecule has 1 atom stereocenters. The highest BCUT2D eigenvalue weighted by Gasteiger charge is 2.28. The normalized spacial score (nSPS) is 17.6. The van der Waals surface area contributed by atoms with Gasteiger partial charge in [0.2, 0.25) is 5.09 Å². The van der Waals surface area contributed by atoms with Gasteiger partial charge >= 0.3 is 6.03 Å². The van der Waals surface area contributed by atoms with E-state index in [-0.39, 0.29) is 5.09 Å². The Morgan fingerprint density at radius 2 is 1.83 bits per heavy atom. The van der Waals surface area contributed by atoms with Gasteiger partial charge in [0.15, 0.2) is 9.92 Å². The summed E-state index contributed by atoms with van der Waals surface area (Å²) in [4.78, 5) is 17.4. The largest absolute Gasteiger partial charge is 0.450 e. The molecule has 8 nitrogen and oxygen atoms in total. The number of hydrogen-bond donors (Lipinski definition) is 3. The Morgan fingerprint density at radius 1 is 1.24 bits per heavy atom. The topological polar surface area (TPSA) is 131 Å². The van der Waals surface area contributed by atoms with Gasteiger partial charge in [-0.25, -0.2) is 14.1 Å². The summed E-state index contributed by atoms with van der Waals surface area (Å²) in [6, 6.07) is 0.627. The zero-order chi connectivity index (χ0) is 21.0. The third kappa shape index (κ3) is 3.70. The Labute approximate surface area is 170 Å². The van der Waals surface area contributed by atoms with Gasteiger partial charge < -0.3 is 14.8 Å². The maximum absolute atomic E-state index is 12.9. The van der Waals surface area contributed by atoms with E-state index < -0.39 is 21.5 Å². The Hall–Kier alpha value is -2.23. The van der Waals surface area contributed by atoms with Crippen LogP contribution in [0.1, 0.15) is 60.5 Å². The molecule has 2 aliphatic rings. The highest BCUT2D eigenvalue weighted by atomic mass is 32.2. The van der Waals surface area contributed by atoms with Crippen LogP contribution in [-0.2, 0) is 41.2 Å². The van der Waals surface area contributed by atoms with Crippen LogP contribution in [0.5, 0.6) is 0 Å². The van der Waals surface area contributed by atoms with Crippen LogP contribution < -0.4 is 10.5 Å². The number of aliphatic hydroxyl groups is 1. The van der Waals surface area contributed by atoms with Crippen LogP contribution in [0.2, 0.25) is 0 Å². The number of furan rings is 1. The Balaban J connectivity index is 1.67. The van der Waals surface area contributed by atoms with Crippen molar-refractivity contribution in [2.24, 2.45) is 9.50 Å². The fraction of sp³-hybridized carbons (Fsp3) is 0.500. The number of aryl methyl sites for hydroxylation is 3.